The van der Waals surface area contributed by atoms with Crippen LogP contribution in [0.4, 0.5) is 29.3 Å². The van der Waals surface area contributed by atoms with Crippen molar-refractivity contribution in [2.75, 3.05) is 44.4 Å². The summed E-state index contributed by atoms with van der Waals surface area (Å²) in [6.45, 7) is 1.01. The Kier molecular flexibility index (Phi) is 6.38. The summed E-state index contributed by atoms with van der Waals surface area (Å²) in [5.41, 5.74) is 8.08. The molecule has 0 amide bonds. The highest BCUT2D eigenvalue weighted by Gasteiger charge is 2.30. The maximum Gasteiger partial charge on any atom is 0.406 e. The minimum Gasteiger partial charge on any atom is -0.383 e. The van der Waals surface area contributed by atoms with Gasteiger partial charge >= 0.3 is 6.18 Å². The fourth-order valence-electron chi connectivity index (χ4n) is 4.44. The third kappa shape index (κ3) is 4.91. The number of fused-ring (bicyclic) bond motifs is 2. The molecule has 0 radical (unpaired) electrons. The van der Waals surface area contributed by atoms with Crippen molar-refractivity contribution in [3.63, 3.8) is 0 Å². The molecule has 4 aromatic rings. The van der Waals surface area contributed by atoms with E-state index in [-0.39, 0.29) is 24.0 Å². The zero-order valence-corrected chi connectivity index (χ0v) is 19.4. The quantitative estimate of drug-likeness (QED) is 0.368. The number of halogens is 4. The van der Waals surface area contributed by atoms with Crippen LogP contribution in [0.2, 0.25) is 0 Å². The second kappa shape index (κ2) is 9.50. The largest absolute Gasteiger partial charge is 0.406 e. The molecule has 192 valence electrons. The molecule has 1 saturated heterocycles. The lowest BCUT2D eigenvalue weighted by Crippen LogP contribution is -2.48. The summed E-state index contributed by atoms with van der Waals surface area (Å²) in [5, 5.41) is 7.47. The monoisotopic (exact) mass is 507 g/mol. The number of nitrogens with two attached hydrogens (primary N) is 1. The smallest absolute Gasteiger partial charge is 0.383 e. The van der Waals surface area contributed by atoms with Gasteiger partial charge in [0.2, 0.25) is 5.95 Å². The lowest BCUT2D eigenvalue weighted by molar-refractivity contribution is -0.140. The van der Waals surface area contributed by atoms with Crippen LogP contribution in [0.25, 0.3) is 27.9 Å². The van der Waals surface area contributed by atoms with E-state index >= 15 is 0 Å². The number of rotatable bonds is 7. The molecule has 0 aliphatic carbocycles. The SMILES string of the molecule is COCCN1CC[C@H](Nc2nc(N)c3c(-c4ccc5ncn(CC(F)(F)F)c5n4)ccn3n2)[C@H](F)C1. The van der Waals surface area contributed by atoms with Crippen LogP contribution in [0.15, 0.2) is 30.7 Å². The van der Waals surface area contributed by atoms with E-state index in [4.69, 9.17) is 10.5 Å². The van der Waals surface area contributed by atoms with Gasteiger partial charge in [0.1, 0.15) is 23.7 Å². The second-order valence-electron chi connectivity index (χ2n) is 8.72. The lowest BCUT2D eigenvalue weighted by atomic mass is 10.0. The molecule has 2 atom stereocenters. The number of likely N-dealkylation sites (tertiary alicyclic amines) is 1. The number of imidazole rings is 1. The lowest BCUT2D eigenvalue weighted by Gasteiger charge is -2.34. The van der Waals surface area contributed by atoms with Gasteiger partial charge in [-0.05, 0) is 24.6 Å². The van der Waals surface area contributed by atoms with Crippen LogP contribution in [0.3, 0.4) is 0 Å². The van der Waals surface area contributed by atoms with Crippen molar-refractivity contribution >= 4 is 28.4 Å². The minimum absolute atomic E-state index is 0.104. The molecule has 5 rings (SSSR count). The first-order chi connectivity index (χ1) is 17.2. The van der Waals surface area contributed by atoms with Crippen LogP contribution in [0.5, 0.6) is 0 Å². The molecule has 0 unspecified atom stereocenters. The summed E-state index contributed by atoms with van der Waals surface area (Å²) >= 11 is 0. The fraction of sp³-hybridized carbons (Fsp3) is 0.455. The molecule has 3 N–H and O–H groups in total. The number of nitrogens with one attached hydrogen (secondary N) is 1. The molecule has 0 aromatic carbocycles. The number of nitrogen functional groups attached to an aromatic ring is 1. The number of hydrogen-bond donors (Lipinski definition) is 2. The van der Waals surface area contributed by atoms with Crippen molar-refractivity contribution in [1.29, 1.82) is 0 Å². The Bertz CT molecular complexity index is 1370. The number of aromatic nitrogens is 6. The van der Waals surface area contributed by atoms with E-state index < -0.39 is 24.9 Å². The van der Waals surface area contributed by atoms with Gasteiger partial charge in [-0.1, -0.05) is 0 Å². The van der Waals surface area contributed by atoms with Crippen molar-refractivity contribution in [3.8, 4) is 11.3 Å². The predicted molar refractivity (Wildman–Crippen MR) is 125 cm³/mol. The molecule has 10 nitrogen and oxygen atoms in total. The van der Waals surface area contributed by atoms with Gasteiger partial charge in [0.15, 0.2) is 11.5 Å². The molecular formula is C22H25F4N9O. The summed E-state index contributed by atoms with van der Waals surface area (Å²) in [7, 11) is 1.61. The van der Waals surface area contributed by atoms with Gasteiger partial charge in [-0.3, -0.25) is 4.90 Å². The summed E-state index contributed by atoms with van der Waals surface area (Å²) in [4.78, 5) is 14.7. The van der Waals surface area contributed by atoms with E-state index in [1.165, 1.54) is 4.52 Å². The highest BCUT2D eigenvalue weighted by Crippen LogP contribution is 2.30. The van der Waals surface area contributed by atoms with Crippen LogP contribution >= 0.6 is 0 Å². The standard InChI is InChI=1S/C22H25F4N9O/c1-36-9-8-33-6-5-16(14(23)10-33)30-21-31-19(27)18-13(4-7-35(18)32-21)15-2-3-17-20(29-15)34(12-28-17)11-22(24,25)26/h2-4,7,12,14,16H,5-6,8-11H2,1H3,(H3,27,30,31,32)/t14-,16+/m1/s1. The normalized spacial score (nSPS) is 19.4. The van der Waals surface area contributed by atoms with Gasteiger partial charge in [-0.15, -0.1) is 5.10 Å². The average Bonchev–Trinajstić information content (AvgIpc) is 3.42. The van der Waals surface area contributed by atoms with Crippen LogP contribution in [0.1, 0.15) is 6.42 Å². The Hall–Kier alpha value is -3.52. The molecular weight excluding hydrogens is 482 g/mol. The summed E-state index contributed by atoms with van der Waals surface area (Å²) in [5.74, 6) is 0.318. The zero-order chi connectivity index (χ0) is 25.4. The zero-order valence-electron chi connectivity index (χ0n) is 19.4. The summed E-state index contributed by atoms with van der Waals surface area (Å²) in [6, 6.07) is 4.49. The highest BCUT2D eigenvalue weighted by molar-refractivity contribution is 5.88. The molecule has 5 heterocycles. The van der Waals surface area contributed by atoms with E-state index in [0.29, 0.717) is 48.4 Å². The van der Waals surface area contributed by atoms with Gasteiger partial charge in [0.05, 0.1) is 24.7 Å². The minimum atomic E-state index is -4.41. The first kappa shape index (κ1) is 24.2. The van der Waals surface area contributed by atoms with Gasteiger partial charge in [0.25, 0.3) is 0 Å². The number of pyridine rings is 1. The molecule has 1 fully saturated rings. The van der Waals surface area contributed by atoms with Crippen LogP contribution < -0.4 is 11.1 Å². The maximum absolute atomic E-state index is 14.8. The second-order valence-corrected chi connectivity index (χ2v) is 8.72. The Morgan fingerprint density at radius 2 is 2.06 bits per heavy atom. The molecule has 4 aromatic heterocycles. The first-order valence-electron chi connectivity index (χ1n) is 11.4. The van der Waals surface area contributed by atoms with Gasteiger partial charge in [-0.2, -0.15) is 18.2 Å². The first-order valence-corrected chi connectivity index (χ1v) is 11.4. The molecule has 0 bridgehead atoms. The Morgan fingerprint density at radius 3 is 2.81 bits per heavy atom. The van der Waals surface area contributed by atoms with Gasteiger partial charge in [0, 0.05) is 38.5 Å². The molecule has 1 aliphatic rings. The summed E-state index contributed by atoms with van der Waals surface area (Å²) in [6.07, 6.45) is -2.20. The number of alkyl halides is 4. The Labute approximate surface area is 203 Å². The Morgan fingerprint density at radius 1 is 1.22 bits per heavy atom. The van der Waals surface area contributed by atoms with Crippen LogP contribution in [-0.4, -0.2) is 85.8 Å². The molecule has 14 heteroatoms. The number of hydrogen-bond acceptors (Lipinski definition) is 8. The molecule has 0 spiro atoms. The van der Waals surface area contributed by atoms with E-state index in [2.05, 4.69) is 25.4 Å². The topological polar surface area (TPSA) is 111 Å². The number of nitrogens with zero attached hydrogens (tertiary/aromatic N) is 7. The van der Waals surface area contributed by atoms with Crippen LogP contribution in [-0.2, 0) is 11.3 Å². The molecule has 0 saturated carbocycles. The van der Waals surface area contributed by atoms with E-state index in [1.54, 1.807) is 31.5 Å². The van der Waals surface area contributed by atoms with Crippen molar-refractivity contribution in [1.82, 2.24) is 34.0 Å². The van der Waals surface area contributed by atoms with Crippen molar-refractivity contribution in [2.24, 2.45) is 0 Å². The number of methoxy groups -OCH3 is 1. The van der Waals surface area contributed by atoms with Crippen LogP contribution in [0, 0.1) is 0 Å². The van der Waals surface area contributed by atoms with E-state index in [1.807, 2.05) is 4.90 Å². The maximum atomic E-state index is 14.8. The van der Waals surface area contributed by atoms with Crippen molar-refractivity contribution < 1.29 is 22.3 Å². The van der Waals surface area contributed by atoms with Gasteiger partial charge in [-0.25, -0.2) is 18.9 Å². The average molecular weight is 507 g/mol. The third-order valence-corrected chi connectivity index (χ3v) is 6.18. The third-order valence-electron chi connectivity index (χ3n) is 6.18. The predicted octanol–water partition coefficient (Wildman–Crippen LogP) is 2.76. The van der Waals surface area contributed by atoms with Crippen molar-refractivity contribution in [3.05, 3.63) is 30.7 Å². The summed E-state index contributed by atoms with van der Waals surface area (Å²) < 4.78 is 61.1. The highest BCUT2D eigenvalue weighted by atomic mass is 19.4. The van der Waals surface area contributed by atoms with E-state index in [0.717, 1.165) is 10.9 Å². The van der Waals surface area contributed by atoms with E-state index in [9.17, 15) is 17.6 Å². The molecule has 1 aliphatic heterocycles. The molecule has 36 heavy (non-hydrogen) atoms. The number of piperidine rings is 1. The van der Waals surface area contributed by atoms with Crippen molar-refractivity contribution in [2.45, 2.75) is 31.4 Å². The fourth-order valence-corrected chi connectivity index (χ4v) is 4.44. The van der Waals surface area contributed by atoms with Gasteiger partial charge < -0.3 is 20.4 Å². The number of ether oxygens (including phenoxy) is 1. The Balaban J connectivity index is 1.39. The number of anilines is 2.